The lowest BCUT2D eigenvalue weighted by Crippen LogP contribution is -2.41. The van der Waals surface area contributed by atoms with Crippen molar-refractivity contribution in [2.45, 2.75) is 26.0 Å². The van der Waals surface area contributed by atoms with E-state index >= 15 is 0 Å². The molecule has 140 valence electrons. The first-order valence-electron chi connectivity index (χ1n) is 7.78. The van der Waals surface area contributed by atoms with Crippen molar-refractivity contribution in [3.05, 3.63) is 44.9 Å². The first-order valence-corrected chi connectivity index (χ1v) is 8.97. The number of methoxy groups -OCH3 is 1. The third kappa shape index (κ3) is 5.69. The number of amides is 1. The molecule has 9 heteroatoms. The summed E-state index contributed by atoms with van der Waals surface area (Å²) in [5.41, 5.74) is 0.526. The first-order chi connectivity index (χ1) is 12.4. The number of rotatable bonds is 9. The van der Waals surface area contributed by atoms with Crippen molar-refractivity contribution in [1.29, 1.82) is 0 Å². The van der Waals surface area contributed by atoms with Crippen LogP contribution in [0.1, 0.15) is 26.8 Å². The second-order valence-corrected chi connectivity index (χ2v) is 6.93. The molecule has 2 N–H and O–H groups in total. The molecule has 0 aliphatic heterocycles. The summed E-state index contributed by atoms with van der Waals surface area (Å²) < 4.78 is 10.5. The van der Waals surface area contributed by atoms with Crippen molar-refractivity contribution in [3.63, 3.8) is 0 Å². The Balaban J connectivity index is 2.00. The van der Waals surface area contributed by atoms with E-state index in [-0.39, 0.29) is 19.6 Å². The van der Waals surface area contributed by atoms with Gasteiger partial charge in [-0.1, -0.05) is 11.6 Å². The molecule has 0 spiro atoms. The Labute approximate surface area is 159 Å². The van der Waals surface area contributed by atoms with E-state index in [4.69, 9.17) is 21.1 Å². The molecule has 1 atom stereocenters. The number of hydrogen-bond donors (Lipinski definition) is 2. The number of carbonyl (C=O) groups excluding carboxylic acids is 1. The van der Waals surface area contributed by atoms with E-state index in [1.807, 2.05) is 0 Å². The molecule has 0 radical (unpaired) electrons. The van der Waals surface area contributed by atoms with Crippen LogP contribution in [0.2, 0.25) is 5.02 Å². The van der Waals surface area contributed by atoms with Crippen LogP contribution in [0.3, 0.4) is 0 Å². The number of hydrogen-bond acceptors (Lipinski definition) is 6. The quantitative estimate of drug-likeness (QED) is 0.674. The van der Waals surface area contributed by atoms with Crippen LogP contribution >= 0.6 is 22.9 Å². The van der Waals surface area contributed by atoms with Crippen molar-refractivity contribution in [2.75, 3.05) is 13.7 Å². The molecule has 0 bridgehead atoms. The van der Waals surface area contributed by atoms with Gasteiger partial charge in [0.25, 0.3) is 5.91 Å². The van der Waals surface area contributed by atoms with Crippen LogP contribution in [-0.4, -0.2) is 41.7 Å². The summed E-state index contributed by atoms with van der Waals surface area (Å²) in [6, 6.07) is 5.90. The van der Waals surface area contributed by atoms with Crippen LogP contribution in [0.4, 0.5) is 0 Å². The summed E-state index contributed by atoms with van der Waals surface area (Å²) in [7, 11) is 1.47. The number of aryl methyl sites for hydroxylation is 1. The largest absolute Gasteiger partial charge is 0.486 e. The SMILES string of the molecule is COCCC(NC(=O)c1sc(COc2ccc(Cl)cc2)nc1C)C(=O)O. The van der Waals surface area contributed by atoms with Crippen LogP contribution in [-0.2, 0) is 16.1 Å². The van der Waals surface area contributed by atoms with Gasteiger partial charge in [-0.3, -0.25) is 4.79 Å². The second-order valence-electron chi connectivity index (χ2n) is 5.41. The van der Waals surface area contributed by atoms with Gasteiger partial charge in [0, 0.05) is 25.2 Å². The minimum Gasteiger partial charge on any atom is -0.486 e. The number of ether oxygens (including phenoxy) is 2. The fourth-order valence-corrected chi connectivity index (χ4v) is 3.12. The molecule has 0 aliphatic rings. The fourth-order valence-electron chi connectivity index (χ4n) is 2.12. The molecule has 1 aromatic heterocycles. The third-order valence-electron chi connectivity index (χ3n) is 3.44. The maximum Gasteiger partial charge on any atom is 0.326 e. The van der Waals surface area contributed by atoms with Gasteiger partial charge in [-0.05, 0) is 31.2 Å². The van der Waals surface area contributed by atoms with Gasteiger partial charge in [0.1, 0.15) is 28.3 Å². The molecule has 26 heavy (non-hydrogen) atoms. The van der Waals surface area contributed by atoms with Crippen molar-refractivity contribution < 1.29 is 24.2 Å². The summed E-state index contributed by atoms with van der Waals surface area (Å²) in [6.45, 7) is 2.13. The molecule has 2 rings (SSSR count). The van der Waals surface area contributed by atoms with Crippen molar-refractivity contribution in [2.24, 2.45) is 0 Å². The maximum absolute atomic E-state index is 12.4. The van der Waals surface area contributed by atoms with Crippen molar-refractivity contribution in [3.8, 4) is 5.75 Å². The molecule has 1 unspecified atom stereocenters. The normalized spacial score (nSPS) is 11.8. The average Bonchev–Trinajstić information content (AvgIpc) is 2.98. The highest BCUT2D eigenvalue weighted by Gasteiger charge is 2.23. The van der Waals surface area contributed by atoms with Gasteiger partial charge in [-0.2, -0.15) is 0 Å². The number of aliphatic carboxylic acids is 1. The van der Waals surface area contributed by atoms with Crippen LogP contribution < -0.4 is 10.1 Å². The molecule has 0 saturated carbocycles. The Bertz CT molecular complexity index is 763. The van der Waals surface area contributed by atoms with Crippen LogP contribution in [0.15, 0.2) is 24.3 Å². The monoisotopic (exact) mass is 398 g/mol. The van der Waals surface area contributed by atoms with Gasteiger partial charge in [0.05, 0.1) is 5.69 Å². The lowest BCUT2D eigenvalue weighted by atomic mass is 10.2. The van der Waals surface area contributed by atoms with E-state index in [1.54, 1.807) is 31.2 Å². The Morgan fingerprint density at radius 1 is 1.35 bits per heavy atom. The van der Waals surface area contributed by atoms with E-state index in [0.717, 1.165) is 0 Å². The van der Waals surface area contributed by atoms with E-state index < -0.39 is 17.9 Å². The van der Waals surface area contributed by atoms with Gasteiger partial charge in [0.15, 0.2) is 0 Å². The van der Waals surface area contributed by atoms with Gasteiger partial charge >= 0.3 is 5.97 Å². The third-order valence-corrected chi connectivity index (χ3v) is 4.82. The van der Waals surface area contributed by atoms with Gasteiger partial charge < -0.3 is 19.9 Å². The topological polar surface area (TPSA) is 97.8 Å². The van der Waals surface area contributed by atoms with E-state index in [1.165, 1.54) is 18.4 Å². The predicted molar refractivity (Wildman–Crippen MR) is 98.0 cm³/mol. The number of carbonyl (C=O) groups is 2. The van der Waals surface area contributed by atoms with Crippen LogP contribution in [0, 0.1) is 6.92 Å². The fraction of sp³-hybridized carbons (Fsp3) is 0.353. The number of thiazole rings is 1. The molecule has 1 heterocycles. The zero-order valence-corrected chi connectivity index (χ0v) is 15.9. The van der Waals surface area contributed by atoms with Crippen molar-refractivity contribution >= 4 is 34.8 Å². The molecule has 0 fully saturated rings. The first kappa shape index (κ1) is 20.2. The number of carboxylic acids is 1. The molecule has 2 aromatic rings. The summed E-state index contributed by atoms with van der Waals surface area (Å²) in [5, 5.41) is 12.9. The van der Waals surface area contributed by atoms with Gasteiger partial charge in [-0.15, -0.1) is 11.3 Å². The summed E-state index contributed by atoms with van der Waals surface area (Å²) in [5.74, 6) is -0.941. The second kappa shape index (κ2) is 9.51. The molecule has 7 nitrogen and oxygen atoms in total. The summed E-state index contributed by atoms with van der Waals surface area (Å²) >= 11 is 6.99. The van der Waals surface area contributed by atoms with Crippen LogP contribution in [0.5, 0.6) is 5.75 Å². The summed E-state index contributed by atoms with van der Waals surface area (Å²) in [4.78, 5) is 28.3. The van der Waals surface area contributed by atoms with Crippen LogP contribution in [0.25, 0.3) is 0 Å². The number of benzene rings is 1. The number of nitrogens with zero attached hydrogens (tertiary/aromatic N) is 1. The molecule has 0 saturated heterocycles. The molecule has 1 aromatic carbocycles. The zero-order chi connectivity index (χ0) is 19.1. The van der Waals surface area contributed by atoms with Gasteiger partial charge in [0.2, 0.25) is 0 Å². The number of nitrogens with one attached hydrogen (secondary N) is 1. The molecule has 1 amide bonds. The van der Waals surface area contributed by atoms with Crippen molar-refractivity contribution in [1.82, 2.24) is 10.3 Å². The lowest BCUT2D eigenvalue weighted by molar-refractivity contribution is -0.139. The standard InChI is InChI=1S/C17H19ClN2O5S/c1-10-15(16(21)20-13(17(22)23)7-8-24-2)26-14(19-10)9-25-12-5-3-11(18)4-6-12/h3-6,13H,7-9H2,1-2H3,(H,20,21)(H,22,23). The minimum absolute atomic E-state index is 0.182. The Morgan fingerprint density at radius 3 is 2.65 bits per heavy atom. The Morgan fingerprint density at radius 2 is 2.04 bits per heavy atom. The van der Waals surface area contributed by atoms with Gasteiger partial charge in [-0.25, -0.2) is 9.78 Å². The minimum atomic E-state index is -1.11. The number of halogens is 1. The van der Waals surface area contributed by atoms with E-state index in [9.17, 15) is 14.7 Å². The lowest BCUT2D eigenvalue weighted by Gasteiger charge is -2.13. The molecule has 0 aliphatic carbocycles. The Hall–Kier alpha value is -2.16. The van der Waals surface area contributed by atoms with E-state index in [2.05, 4.69) is 10.3 Å². The highest BCUT2D eigenvalue weighted by atomic mass is 35.5. The highest BCUT2D eigenvalue weighted by Crippen LogP contribution is 2.21. The molecular weight excluding hydrogens is 380 g/mol. The highest BCUT2D eigenvalue weighted by molar-refractivity contribution is 7.13. The zero-order valence-electron chi connectivity index (χ0n) is 14.3. The summed E-state index contributed by atoms with van der Waals surface area (Å²) in [6.07, 6.45) is 0.182. The predicted octanol–water partition coefficient (Wildman–Crippen LogP) is 2.90. The number of carboxylic acid groups (broad SMARTS) is 1. The maximum atomic E-state index is 12.4. The number of aromatic nitrogens is 1. The van der Waals surface area contributed by atoms with E-state index in [0.29, 0.717) is 26.4 Å². The molecular formula is C17H19ClN2O5S. The smallest absolute Gasteiger partial charge is 0.326 e. The average molecular weight is 399 g/mol. The Kier molecular flexibility index (Phi) is 7.38.